The molecule has 0 spiro atoms. The van der Waals surface area contributed by atoms with Crippen LogP contribution in [0.4, 0.5) is 23.1 Å². The molecule has 0 saturated carbocycles. The van der Waals surface area contributed by atoms with Gasteiger partial charge in [-0.15, -0.1) is 0 Å². The Morgan fingerprint density at radius 2 is 1.95 bits per heavy atom. The van der Waals surface area contributed by atoms with Crippen LogP contribution in [0, 0.1) is 6.92 Å². The zero-order valence-corrected chi connectivity index (χ0v) is 25.2. The van der Waals surface area contributed by atoms with E-state index in [2.05, 4.69) is 52.9 Å². The molecule has 0 aliphatic carbocycles. The maximum absolute atomic E-state index is 13.3. The second kappa shape index (κ2) is 12.0. The molecule has 3 heterocycles. The van der Waals surface area contributed by atoms with Gasteiger partial charge in [-0.1, -0.05) is 6.07 Å². The molecule has 1 saturated heterocycles. The summed E-state index contributed by atoms with van der Waals surface area (Å²) in [6.07, 6.45) is 6.54. The number of benzene rings is 2. The molecular formula is C28H31BrN7O3P. The van der Waals surface area contributed by atoms with E-state index in [1.54, 1.807) is 45.2 Å². The summed E-state index contributed by atoms with van der Waals surface area (Å²) in [5, 5.41) is 10.7. The van der Waals surface area contributed by atoms with Crippen LogP contribution in [-0.4, -0.2) is 60.1 Å². The highest BCUT2D eigenvalue weighted by atomic mass is 79.9. The predicted molar refractivity (Wildman–Crippen MR) is 162 cm³/mol. The third kappa shape index (κ3) is 6.33. The lowest BCUT2D eigenvalue weighted by Gasteiger charge is -2.26. The van der Waals surface area contributed by atoms with Crippen LogP contribution in [0.3, 0.4) is 0 Å². The number of aryl methyl sites for hydroxylation is 1. The zero-order chi connectivity index (χ0) is 28.3. The van der Waals surface area contributed by atoms with Crippen LogP contribution in [0.1, 0.15) is 17.2 Å². The smallest absolute Gasteiger partial charge is 0.229 e. The molecule has 0 radical (unpaired) electrons. The minimum Gasteiger partial charge on any atom is -0.496 e. The van der Waals surface area contributed by atoms with Crippen molar-refractivity contribution < 1.29 is 14.0 Å². The summed E-state index contributed by atoms with van der Waals surface area (Å²) >= 11 is 3.55. The van der Waals surface area contributed by atoms with Crippen LogP contribution in [0.15, 0.2) is 59.6 Å². The number of anilines is 4. The Morgan fingerprint density at radius 1 is 1.10 bits per heavy atom. The topological polar surface area (TPSA) is 123 Å². The van der Waals surface area contributed by atoms with Crippen LogP contribution < -0.4 is 26.0 Å². The fourth-order valence-electron chi connectivity index (χ4n) is 4.49. The van der Waals surface area contributed by atoms with Gasteiger partial charge in [0, 0.05) is 59.9 Å². The lowest BCUT2D eigenvalue weighted by Crippen LogP contribution is -2.33. The van der Waals surface area contributed by atoms with Crippen molar-refractivity contribution in [3.63, 3.8) is 0 Å². The number of aromatic nitrogens is 4. The van der Waals surface area contributed by atoms with Gasteiger partial charge in [-0.25, -0.2) is 4.98 Å². The molecule has 5 rings (SSSR count). The Kier molecular flexibility index (Phi) is 8.46. The number of hydrogen-bond donors (Lipinski definition) is 3. The fraction of sp³-hybridized carbons (Fsp3) is 0.286. The molecule has 4 aromatic rings. The molecule has 40 heavy (non-hydrogen) atoms. The van der Waals surface area contributed by atoms with Gasteiger partial charge < -0.3 is 30.0 Å². The van der Waals surface area contributed by atoms with Crippen LogP contribution >= 0.6 is 23.1 Å². The van der Waals surface area contributed by atoms with Crippen LogP contribution in [0.2, 0.25) is 0 Å². The summed E-state index contributed by atoms with van der Waals surface area (Å²) in [6.45, 7) is 7.73. The van der Waals surface area contributed by atoms with Gasteiger partial charge in [-0.3, -0.25) is 9.97 Å². The average molecular weight is 624 g/mol. The lowest BCUT2D eigenvalue weighted by atomic mass is 10.0. The molecule has 0 amide bonds. The van der Waals surface area contributed by atoms with Gasteiger partial charge >= 0.3 is 0 Å². The van der Waals surface area contributed by atoms with Gasteiger partial charge in [-0.2, -0.15) is 4.98 Å². The minimum absolute atomic E-state index is 0.0705. The van der Waals surface area contributed by atoms with Gasteiger partial charge in [0.25, 0.3) is 0 Å². The van der Waals surface area contributed by atoms with Crippen LogP contribution in [-0.2, 0) is 9.30 Å². The first kappa shape index (κ1) is 28.2. The number of nitrogens with one attached hydrogen (secondary N) is 3. The molecule has 1 fully saturated rings. The van der Waals surface area contributed by atoms with Gasteiger partial charge in [-0.05, 0) is 59.9 Å². The number of methoxy groups -OCH3 is 1. The first-order chi connectivity index (χ1) is 19.2. The average Bonchev–Trinajstić information content (AvgIpc) is 2.96. The molecule has 1 aliphatic rings. The summed E-state index contributed by atoms with van der Waals surface area (Å²) in [4.78, 5) is 17.7. The van der Waals surface area contributed by atoms with Crippen molar-refractivity contribution in [3.8, 4) is 17.0 Å². The Hall–Kier alpha value is -3.37. The summed E-state index contributed by atoms with van der Waals surface area (Å²) < 4.78 is 25.6. The number of halogens is 1. The quantitative estimate of drug-likeness (QED) is 0.220. The number of nitrogens with zero attached hydrogens (tertiary/aromatic N) is 4. The summed E-state index contributed by atoms with van der Waals surface area (Å²) in [6, 6.07) is 9.71. The van der Waals surface area contributed by atoms with Crippen molar-refractivity contribution in [3.05, 3.63) is 70.7 Å². The highest BCUT2D eigenvalue weighted by Gasteiger charge is 2.22. The summed E-state index contributed by atoms with van der Waals surface area (Å²) in [5.41, 5.74) is 5.06. The third-order valence-electron chi connectivity index (χ3n) is 6.53. The Bertz CT molecular complexity index is 1560. The molecule has 0 bridgehead atoms. The van der Waals surface area contributed by atoms with Gasteiger partial charge in [0.1, 0.15) is 18.7 Å². The van der Waals surface area contributed by atoms with Gasteiger partial charge in [0.2, 0.25) is 5.95 Å². The molecular weight excluding hydrogens is 593 g/mol. The van der Waals surface area contributed by atoms with E-state index in [9.17, 15) is 4.57 Å². The maximum atomic E-state index is 13.3. The number of morpholine rings is 1. The molecule has 2 aromatic carbocycles. The van der Waals surface area contributed by atoms with E-state index >= 15 is 0 Å². The molecule has 208 valence electrons. The van der Waals surface area contributed by atoms with Crippen molar-refractivity contribution in [1.82, 2.24) is 25.3 Å². The van der Waals surface area contributed by atoms with Crippen molar-refractivity contribution in [2.24, 2.45) is 0 Å². The number of rotatable bonds is 8. The molecule has 3 N–H and O–H groups in total. The highest BCUT2D eigenvalue weighted by Crippen LogP contribution is 2.40. The second-order valence-electron chi connectivity index (χ2n) is 9.79. The predicted octanol–water partition coefficient (Wildman–Crippen LogP) is 5.41. The van der Waals surface area contributed by atoms with E-state index in [4.69, 9.17) is 14.5 Å². The van der Waals surface area contributed by atoms with Gasteiger partial charge in [0.15, 0.2) is 0 Å². The zero-order valence-electron chi connectivity index (χ0n) is 22.7. The monoisotopic (exact) mass is 623 g/mol. The van der Waals surface area contributed by atoms with E-state index < -0.39 is 7.14 Å². The van der Waals surface area contributed by atoms with Gasteiger partial charge in [0.05, 0.1) is 41.9 Å². The van der Waals surface area contributed by atoms with E-state index in [0.717, 1.165) is 41.2 Å². The van der Waals surface area contributed by atoms with E-state index in [-0.39, 0.29) is 6.10 Å². The molecule has 12 heteroatoms. The summed E-state index contributed by atoms with van der Waals surface area (Å²) in [5.74, 6) is 1.65. The second-order valence-corrected chi connectivity index (χ2v) is 13.8. The minimum atomic E-state index is -2.67. The van der Waals surface area contributed by atoms with E-state index in [1.807, 2.05) is 31.2 Å². The van der Waals surface area contributed by atoms with Crippen LogP contribution in [0.5, 0.6) is 5.75 Å². The third-order valence-corrected chi connectivity index (χ3v) is 8.64. The summed E-state index contributed by atoms with van der Waals surface area (Å²) in [7, 11) is -1.02. The van der Waals surface area contributed by atoms with Crippen molar-refractivity contribution in [1.29, 1.82) is 0 Å². The van der Waals surface area contributed by atoms with Crippen molar-refractivity contribution in [2.45, 2.75) is 13.0 Å². The Labute approximate surface area is 241 Å². The Balaban J connectivity index is 1.43. The highest BCUT2D eigenvalue weighted by molar-refractivity contribution is 9.10. The molecule has 1 atom stereocenters. The van der Waals surface area contributed by atoms with Crippen molar-refractivity contribution in [2.75, 3.05) is 50.8 Å². The Morgan fingerprint density at radius 3 is 2.65 bits per heavy atom. The standard InChI is InChI=1S/C28H31BrN7O3P/c1-17-11-19(25-16-31-9-10-39-25)24(38-2)13-22(17)35-28-33-14-20(29)27(36-28)34-21-6-5-18(12-26(21)40(3,4)37)23-15-30-7-8-32-23/h5-8,11-15,25,31H,9-10,16H2,1-4H3,(H2,33,34,35,36). The molecule has 1 aliphatic heterocycles. The van der Waals surface area contributed by atoms with Crippen molar-refractivity contribution >= 4 is 51.5 Å². The van der Waals surface area contributed by atoms with E-state index in [1.165, 1.54) is 0 Å². The lowest BCUT2D eigenvalue weighted by molar-refractivity contribution is 0.0262. The number of hydrogen-bond acceptors (Lipinski definition) is 10. The number of ether oxygens (including phenoxy) is 2. The van der Waals surface area contributed by atoms with Crippen LogP contribution in [0.25, 0.3) is 11.3 Å². The largest absolute Gasteiger partial charge is 0.496 e. The fourth-order valence-corrected chi connectivity index (χ4v) is 5.94. The SMILES string of the molecule is COc1cc(Nc2ncc(Br)c(Nc3ccc(-c4cnccn4)cc3P(C)(C)=O)n2)c(C)cc1C1CNCCO1. The first-order valence-corrected chi connectivity index (χ1v) is 16.2. The molecule has 1 unspecified atom stereocenters. The van der Waals surface area contributed by atoms with E-state index in [0.29, 0.717) is 39.5 Å². The first-order valence-electron chi connectivity index (χ1n) is 12.8. The molecule has 2 aromatic heterocycles. The normalized spacial score (nSPS) is 15.5. The maximum Gasteiger partial charge on any atom is 0.229 e. The molecule has 10 nitrogen and oxygen atoms in total.